The van der Waals surface area contributed by atoms with Gasteiger partial charge in [-0.25, -0.2) is 4.98 Å². The van der Waals surface area contributed by atoms with Gasteiger partial charge in [0, 0.05) is 50.5 Å². The molecule has 1 aliphatic rings. The highest BCUT2D eigenvalue weighted by atomic mass is 32.1. The van der Waals surface area contributed by atoms with Crippen LogP contribution in [-0.4, -0.2) is 96.2 Å². The van der Waals surface area contributed by atoms with E-state index < -0.39 is 29.9 Å². The van der Waals surface area contributed by atoms with Gasteiger partial charge in [0.25, 0.3) is 0 Å². The van der Waals surface area contributed by atoms with E-state index in [0.29, 0.717) is 43.8 Å². The van der Waals surface area contributed by atoms with Crippen molar-refractivity contribution in [2.24, 2.45) is 5.92 Å². The molecule has 2 heterocycles. The molecule has 3 aromatic rings. The number of hydrogen-bond donors (Lipinski definition) is 3. The third-order valence-corrected chi connectivity index (χ3v) is 9.81. The van der Waals surface area contributed by atoms with Crippen molar-refractivity contribution >= 4 is 40.9 Å². The van der Waals surface area contributed by atoms with Crippen LogP contribution in [0.2, 0.25) is 0 Å². The van der Waals surface area contributed by atoms with Gasteiger partial charge >= 0.3 is 0 Å². The van der Waals surface area contributed by atoms with Crippen molar-refractivity contribution < 1.29 is 28.7 Å². The lowest BCUT2D eigenvalue weighted by Gasteiger charge is -2.30. The summed E-state index contributed by atoms with van der Waals surface area (Å²) < 4.78 is 5.26. The van der Waals surface area contributed by atoms with E-state index in [1.54, 1.807) is 31.1 Å². The van der Waals surface area contributed by atoms with Crippen LogP contribution in [0.4, 0.5) is 0 Å². The Morgan fingerprint density at radius 1 is 0.961 bits per heavy atom. The fourth-order valence-electron chi connectivity index (χ4n) is 5.84. The molecule has 0 aliphatic carbocycles. The van der Waals surface area contributed by atoms with Gasteiger partial charge < -0.3 is 30.5 Å². The Kier molecular flexibility index (Phi) is 14.5. The van der Waals surface area contributed by atoms with Crippen LogP contribution in [0.3, 0.4) is 0 Å². The van der Waals surface area contributed by atoms with Gasteiger partial charge in [-0.3, -0.25) is 24.0 Å². The van der Waals surface area contributed by atoms with Gasteiger partial charge in [-0.1, -0.05) is 56.3 Å². The zero-order valence-electron chi connectivity index (χ0n) is 30.1. The van der Waals surface area contributed by atoms with E-state index in [4.69, 9.17) is 4.74 Å². The van der Waals surface area contributed by atoms with Crippen molar-refractivity contribution in [3.63, 3.8) is 0 Å². The Balaban J connectivity index is 1.51. The number of aromatic nitrogens is 1. The number of methoxy groups -OCH3 is 1. The minimum Gasteiger partial charge on any atom is -0.497 e. The first-order valence-electron chi connectivity index (χ1n) is 17.5. The molecule has 3 atom stereocenters. The maximum Gasteiger partial charge on any atom is 0.245 e. The molecule has 1 aromatic heterocycles. The van der Waals surface area contributed by atoms with Crippen molar-refractivity contribution in [3.05, 3.63) is 71.2 Å². The molecule has 12 nitrogen and oxygen atoms in total. The number of carbonyl (C=O) groups is 5. The third kappa shape index (κ3) is 11.6. The van der Waals surface area contributed by atoms with Gasteiger partial charge in [-0.05, 0) is 49.8 Å². The molecule has 1 fully saturated rings. The molecule has 51 heavy (non-hydrogen) atoms. The van der Waals surface area contributed by atoms with Gasteiger partial charge in [-0.2, -0.15) is 0 Å². The minimum atomic E-state index is -0.988. The fraction of sp³-hybridized carbons (Fsp3) is 0.474. The maximum atomic E-state index is 13.9. The number of ether oxygens (including phenoxy) is 1. The van der Waals surface area contributed by atoms with Crippen molar-refractivity contribution in [1.29, 1.82) is 0 Å². The number of amides is 5. The third-order valence-electron chi connectivity index (χ3n) is 8.87. The van der Waals surface area contributed by atoms with E-state index in [1.807, 2.05) is 61.7 Å². The summed E-state index contributed by atoms with van der Waals surface area (Å²) in [5, 5.41) is 11.4. The summed E-state index contributed by atoms with van der Waals surface area (Å²) in [5.41, 5.74) is 2.44. The topological polar surface area (TPSA) is 150 Å². The van der Waals surface area contributed by atoms with Crippen molar-refractivity contribution in [1.82, 2.24) is 30.7 Å². The SMILES string of the molecule is COc1ccc(C[C@@H]2NC(=O)[C@@H](CC(C)C)NC(=O)CCCN(C(=O)Cc3csc(-c4ccccc4)n3)CCCNC(=O)[C@H](C)N(C)C2=O)cc1. The fourth-order valence-corrected chi connectivity index (χ4v) is 6.67. The average Bonchev–Trinajstić information content (AvgIpc) is 3.59. The van der Waals surface area contributed by atoms with E-state index in [0.717, 1.165) is 16.1 Å². The Labute approximate surface area is 304 Å². The number of likely N-dealkylation sites (N-methyl/N-ethyl adjacent to an activating group) is 1. The molecular formula is C38H50N6O6S. The normalized spacial score (nSPS) is 20.2. The predicted octanol–water partition coefficient (Wildman–Crippen LogP) is 3.60. The molecule has 2 aromatic carbocycles. The first-order valence-corrected chi connectivity index (χ1v) is 18.4. The molecule has 0 bridgehead atoms. The van der Waals surface area contributed by atoms with Crippen LogP contribution in [0.5, 0.6) is 5.75 Å². The second-order valence-electron chi connectivity index (χ2n) is 13.3. The number of nitrogens with one attached hydrogen (secondary N) is 3. The number of nitrogens with zero attached hydrogens (tertiary/aromatic N) is 3. The van der Waals surface area contributed by atoms with Crippen molar-refractivity contribution in [2.45, 2.75) is 77.4 Å². The van der Waals surface area contributed by atoms with Crippen molar-refractivity contribution in [3.8, 4) is 16.3 Å². The predicted molar refractivity (Wildman–Crippen MR) is 197 cm³/mol. The van der Waals surface area contributed by atoms with E-state index in [1.165, 1.54) is 23.3 Å². The summed E-state index contributed by atoms with van der Waals surface area (Å²) in [5.74, 6) is -0.975. The summed E-state index contributed by atoms with van der Waals surface area (Å²) in [7, 11) is 3.10. The number of carbonyl (C=O) groups excluding carboxylic acids is 5. The highest BCUT2D eigenvalue weighted by Gasteiger charge is 2.32. The molecule has 0 unspecified atom stereocenters. The molecule has 1 saturated heterocycles. The molecule has 0 radical (unpaired) electrons. The molecule has 4 rings (SSSR count). The van der Waals surface area contributed by atoms with E-state index in [2.05, 4.69) is 20.9 Å². The highest BCUT2D eigenvalue weighted by molar-refractivity contribution is 7.13. The molecule has 3 N–H and O–H groups in total. The standard InChI is InChI=1S/C38H50N6O6S/c1-25(2)21-31-36(48)42-32(22-27-14-16-30(50-5)17-15-27)38(49)43(4)26(3)35(47)39-18-10-20-44(19-9-13-33(45)41-31)34(46)23-29-24-51-37(40-29)28-11-7-6-8-12-28/h6-8,11-12,14-17,24-26,31-32H,9-10,13,18-23H2,1-5H3,(H,39,47)(H,41,45)(H,42,48)/t26-,31+,32-/m0/s1. The summed E-state index contributed by atoms with van der Waals surface area (Å²) in [4.78, 5) is 75.3. The average molecular weight is 719 g/mol. The maximum absolute atomic E-state index is 13.9. The first-order chi connectivity index (χ1) is 24.4. The van der Waals surface area contributed by atoms with Crippen LogP contribution in [0.1, 0.15) is 57.7 Å². The van der Waals surface area contributed by atoms with Crippen LogP contribution < -0.4 is 20.7 Å². The molecule has 0 spiro atoms. The molecule has 0 saturated carbocycles. The van der Waals surface area contributed by atoms with Gasteiger partial charge in [0.15, 0.2) is 0 Å². The molecule has 274 valence electrons. The van der Waals surface area contributed by atoms with Gasteiger partial charge in [-0.15, -0.1) is 11.3 Å². The summed E-state index contributed by atoms with van der Waals surface area (Å²) in [6, 6.07) is 14.3. The van der Waals surface area contributed by atoms with E-state index in [-0.39, 0.29) is 49.4 Å². The van der Waals surface area contributed by atoms with Crippen LogP contribution in [0.15, 0.2) is 60.0 Å². The minimum absolute atomic E-state index is 0.0716. The number of benzene rings is 2. The van der Waals surface area contributed by atoms with Crippen LogP contribution in [0.25, 0.3) is 10.6 Å². The lowest BCUT2D eigenvalue weighted by molar-refractivity contribution is -0.141. The molecule has 1 aliphatic heterocycles. The zero-order valence-corrected chi connectivity index (χ0v) is 31.0. The zero-order chi connectivity index (χ0) is 36.9. The van der Waals surface area contributed by atoms with Crippen LogP contribution >= 0.6 is 11.3 Å². The molecule has 5 amide bonds. The summed E-state index contributed by atoms with van der Waals surface area (Å²) in [6.45, 7) is 6.51. The lowest BCUT2D eigenvalue weighted by Crippen LogP contribution is -2.57. The van der Waals surface area contributed by atoms with E-state index in [9.17, 15) is 24.0 Å². The monoisotopic (exact) mass is 718 g/mol. The highest BCUT2D eigenvalue weighted by Crippen LogP contribution is 2.24. The summed E-state index contributed by atoms with van der Waals surface area (Å²) >= 11 is 1.48. The Bertz CT molecular complexity index is 1630. The van der Waals surface area contributed by atoms with E-state index >= 15 is 0 Å². The second-order valence-corrected chi connectivity index (χ2v) is 14.2. The second kappa shape index (κ2) is 19.0. The Morgan fingerprint density at radius 3 is 2.35 bits per heavy atom. The Hall–Kier alpha value is -4.78. The Morgan fingerprint density at radius 2 is 1.67 bits per heavy atom. The van der Waals surface area contributed by atoms with Gasteiger partial charge in [0.1, 0.15) is 28.9 Å². The van der Waals surface area contributed by atoms with Crippen LogP contribution in [0, 0.1) is 5.92 Å². The smallest absolute Gasteiger partial charge is 0.245 e. The van der Waals surface area contributed by atoms with Gasteiger partial charge in [0.05, 0.1) is 19.2 Å². The summed E-state index contributed by atoms with van der Waals surface area (Å²) in [6.07, 6.45) is 1.61. The number of thiazole rings is 1. The van der Waals surface area contributed by atoms with Crippen LogP contribution in [-0.2, 0) is 36.8 Å². The largest absolute Gasteiger partial charge is 0.497 e. The van der Waals surface area contributed by atoms with Crippen molar-refractivity contribution in [2.75, 3.05) is 33.8 Å². The number of rotatable bonds is 8. The first kappa shape index (κ1) is 39.0. The van der Waals surface area contributed by atoms with Gasteiger partial charge in [0.2, 0.25) is 29.5 Å². The molecule has 13 heteroatoms. The molecular weight excluding hydrogens is 669 g/mol. The lowest BCUT2D eigenvalue weighted by atomic mass is 10.00. The quantitative estimate of drug-likeness (QED) is 0.322. The number of hydrogen-bond acceptors (Lipinski definition) is 8.